The van der Waals surface area contributed by atoms with Crippen LogP contribution in [0.2, 0.25) is 5.02 Å². The minimum absolute atomic E-state index is 0.352. The van der Waals surface area contributed by atoms with Gasteiger partial charge in [-0.15, -0.1) is 0 Å². The van der Waals surface area contributed by atoms with Gasteiger partial charge in [0.1, 0.15) is 5.60 Å². The molecule has 3 nitrogen and oxygen atoms in total. The molecule has 0 spiro atoms. The topological polar surface area (TPSA) is 29.5 Å². The van der Waals surface area contributed by atoms with E-state index in [1.807, 2.05) is 77.1 Å². The first kappa shape index (κ1) is 18.5. The van der Waals surface area contributed by atoms with Crippen LogP contribution in [0.4, 0.5) is 10.5 Å². The fraction of sp³-hybridized carbons (Fsp3) is 0.318. The molecular formula is C22H24ClNO2. The number of fused-ring (bicyclic) bond motifs is 2. The lowest BCUT2D eigenvalue weighted by Crippen LogP contribution is -2.37. The first-order valence-electron chi connectivity index (χ1n) is 8.84. The van der Waals surface area contributed by atoms with E-state index in [1.165, 1.54) is 0 Å². The highest BCUT2D eigenvalue weighted by molar-refractivity contribution is 6.42. The summed E-state index contributed by atoms with van der Waals surface area (Å²) in [7, 11) is 0. The highest BCUT2D eigenvalue weighted by Crippen LogP contribution is 2.42. The van der Waals surface area contributed by atoms with Crippen LogP contribution >= 0.6 is 11.6 Å². The number of hydrogen-bond acceptors (Lipinski definition) is 2. The maximum Gasteiger partial charge on any atom is 0.414 e. The van der Waals surface area contributed by atoms with Gasteiger partial charge in [-0.3, -0.25) is 4.90 Å². The van der Waals surface area contributed by atoms with Gasteiger partial charge in [0, 0.05) is 28.1 Å². The van der Waals surface area contributed by atoms with Crippen LogP contribution in [0.5, 0.6) is 0 Å². The first-order chi connectivity index (χ1) is 12.2. The smallest absolute Gasteiger partial charge is 0.414 e. The zero-order valence-electron chi connectivity index (χ0n) is 15.9. The molecule has 0 aromatic heterocycles. The van der Waals surface area contributed by atoms with Crippen molar-refractivity contribution in [2.75, 3.05) is 11.4 Å². The second kappa shape index (κ2) is 6.81. The number of ether oxygens (including phenoxy) is 1. The third-order valence-electron chi connectivity index (χ3n) is 4.37. The summed E-state index contributed by atoms with van der Waals surface area (Å²) in [6, 6.07) is 14.0. The molecule has 26 heavy (non-hydrogen) atoms. The van der Waals surface area contributed by atoms with E-state index >= 15 is 0 Å². The van der Waals surface area contributed by atoms with E-state index in [4.69, 9.17) is 16.3 Å². The van der Waals surface area contributed by atoms with Gasteiger partial charge in [-0.2, -0.15) is 0 Å². The number of amides is 1. The molecule has 0 saturated carbocycles. The summed E-state index contributed by atoms with van der Waals surface area (Å²) >= 11 is 6.75. The standard InChI is InChI=1S/C22H24ClNO2/c1-6-24(21(25)26-22(3,4)5)20-16-12-8-7-11-15(16)19(23)18-14(2)10-9-13-17(18)20/h7-13H,6H2,1-5H3. The van der Waals surface area contributed by atoms with E-state index in [0.717, 1.165) is 37.8 Å². The lowest BCUT2D eigenvalue weighted by atomic mass is 9.97. The second-order valence-electron chi connectivity index (χ2n) is 7.43. The highest BCUT2D eigenvalue weighted by atomic mass is 35.5. The van der Waals surface area contributed by atoms with Gasteiger partial charge < -0.3 is 4.74 Å². The Labute approximate surface area is 159 Å². The summed E-state index contributed by atoms with van der Waals surface area (Å²) in [6.07, 6.45) is -0.352. The van der Waals surface area contributed by atoms with Crippen LogP contribution in [-0.2, 0) is 4.74 Å². The van der Waals surface area contributed by atoms with Crippen LogP contribution in [0.3, 0.4) is 0 Å². The summed E-state index contributed by atoms with van der Waals surface area (Å²) < 4.78 is 5.66. The Bertz CT molecular complexity index is 989. The predicted molar refractivity (Wildman–Crippen MR) is 110 cm³/mol. The Kier molecular flexibility index (Phi) is 4.85. The molecule has 0 radical (unpaired) electrons. The monoisotopic (exact) mass is 369 g/mol. The van der Waals surface area contributed by atoms with Crippen molar-refractivity contribution in [1.29, 1.82) is 0 Å². The molecule has 3 rings (SSSR count). The van der Waals surface area contributed by atoms with Gasteiger partial charge in [0.2, 0.25) is 0 Å². The number of carbonyl (C=O) groups is 1. The van der Waals surface area contributed by atoms with Crippen molar-refractivity contribution in [2.24, 2.45) is 0 Å². The summed E-state index contributed by atoms with van der Waals surface area (Å²) in [4.78, 5) is 14.6. The van der Waals surface area contributed by atoms with E-state index in [-0.39, 0.29) is 6.09 Å². The maximum absolute atomic E-state index is 12.9. The van der Waals surface area contributed by atoms with Crippen molar-refractivity contribution in [2.45, 2.75) is 40.2 Å². The van der Waals surface area contributed by atoms with Crippen molar-refractivity contribution in [3.05, 3.63) is 53.1 Å². The molecule has 0 aliphatic carbocycles. The number of nitrogens with zero attached hydrogens (tertiary/aromatic N) is 1. The van der Waals surface area contributed by atoms with E-state index in [9.17, 15) is 4.79 Å². The molecule has 3 aromatic carbocycles. The molecule has 3 aromatic rings. The van der Waals surface area contributed by atoms with Crippen molar-refractivity contribution >= 4 is 44.9 Å². The SMILES string of the molecule is CCN(C(=O)OC(C)(C)C)c1c2ccccc2c(Cl)c2c(C)cccc12. The lowest BCUT2D eigenvalue weighted by molar-refractivity contribution is 0.0583. The third-order valence-corrected chi connectivity index (χ3v) is 4.76. The molecule has 0 bridgehead atoms. The zero-order valence-corrected chi connectivity index (χ0v) is 16.6. The third kappa shape index (κ3) is 3.24. The lowest BCUT2D eigenvalue weighted by Gasteiger charge is -2.29. The summed E-state index contributed by atoms with van der Waals surface area (Å²) in [6.45, 7) is 10.1. The average Bonchev–Trinajstić information content (AvgIpc) is 2.56. The Morgan fingerprint density at radius 3 is 2.27 bits per heavy atom. The van der Waals surface area contributed by atoms with E-state index < -0.39 is 5.60 Å². The minimum atomic E-state index is -0.557. The normalized spacial score (nSPS) is 11.8. The van der Waals surface area contributed by atoms with Crippen LogP contribution in [0.15, 0.2) is 42.5 Å². The Balaban J connectivity index is 2.37. The molecule has 0 atom stereocenters. The van der Waals surface area contributed by atoms with Crippen LogP contribution in [0.1, 0.15) is 33.3 Å². The highest BCUT2D eigenvalue weighted by Gasteiger charge is 2.26. The summed E-state index contributed by atoms with van der Waals surface area (Å²) in [5.74, 6) is 0. The second-order valence-corrected chi connectivity index (χ2v) is 7.81. The van der Waals surface area contributed by atoms with E-state index in [2.05, 4.69) is 0 Å². The molecule has 136 valence electrons. The van der Waals surface area contributed by atoms with Gasteiger partial charge in [0.05, 0.1) is 10.7 Å². The number of benzene rings is 3. The Hall–Kier alpha value is -2.26. The summed E-state index contributed by atoms with van der Waals surface area (Å²) in [5, 5.41) is 4.54. The molecule has 4 heteroatoms. The van der Waals surface area contributed by atoms with Crippen molar-refractivity contribution in [3.8, 4) is 0 Å². The number of rotatable bonds is 2. The molecule has 0 aliphatic heterocycles. The molecular weight excluding hydrogens is 346 g/mol. The van der Waals surface area contributed by atoms with E-state index in [0.29, 0.717) is 6.54 Å². The van der Waals surface area contributed by atoms with Gasteiger partial charge in [-0.05, 0) is 40.2 Å². The fourth-order valence-electron chi connectivity index (χ4n) is 3.30. The molecule has 0 heterocycles. The molecule has 1 amide bonds. The van der Waals surface area contributed by atoms with Crippen molar-refractivity contribution < 1.29 is 9.53 Å². The van der Waals surface area contributed by atoms with Gasteiger partial charge in [0.25, 0.3) is 0 Å². The van der Waals surface area contributed by atoms with Crippen LogP contribution in [0.25, 0.3) is 21.5 Å². The van der Waals surface area contributed by atoms with Crippen molar-refractivity contribution in [3.63, 3.8) is 0 Å². The van der Waals surface area contributed by atoms with Gasteiger partial charge in [-0.1, -0.05) is 54.1 Å². The molecule has 0 aliphatic rings. The Morgan fingerprint density at radius 2 is 1.65 bits per heavy atom. The Morgan fingerprint density at radius 1 is 1.04 bits per heavy atom. The number of carbonyl (C=O) groups excluding carboxylic acids is 1. The molecule has 0 fully saturated rings. The van der Waals surface area contributed by atoms with Gasteiger partial charge >= 0.3 is 6.09 Å². The molecule has 0 N–H and O–H groups in total. The van der Waals surface area contributed by atoms with Crippen molar-refractivity contribution in [1.82, 2.24) is 0 Å². The minimum Gasteiger partial charge on any atom is -0.443 e. The number of aryl methyl sites for hydroxylation is 1. The quantitative estimate of drug-likeness (QED) is 0.469. The number of halogens is 1. The van der Waals surface area contributed by atoms with Gasteiger partial charge in [-0.25, -0.2) is 4.79 Å². The molecule has 0 saturated heterocycles. The zero-order chi connectivity index (χ0) is 19.1. The number of anilines is 1. The summed E-state index contributed by atoms with van der Waals surface area (Å²) in [5.41, 5.74) is 1.37. The predicted octanol–water partition coefficient (Wildman–Crippen LogP) is 6.72. The average molecular weight is 370 g/mol. The van der Waals surface area contributed by atoms with E-state index in [1.54, 1.807) is 4.90 Å². The van der Waals surface area contributed by atoms with Crippen LogP contribution in [-0.4, -0.2) is 18.2 Å². The maximum atomic E-state index is 12.9. The fourth-order valence-corrected chi connectivity index (χ4v) is 3.72. The molecule has 0 unspecified atom stereocenters. The van der Waals surface area contributed by atoms with Crippen LogP contribution in [0, 0.1) is 6.92 Å². The largest absolute Gasteiger partial charge is 0.443 e. The van der Waals surface area contributed by atoms with Gasteiger partial charge in [0.15, 0.2) is 0 Å². The van der Waals surface area contributed by atoms with Crippen LogP contribution < -0.4 is 4.90 Å². The first-order valence-corrected chi connectivity index (χ1v) is 9.22. The number of hydrogen-bond donors (Lipinski definition) is 0.